The van der Waals surface area contributed by atoms with Crippen LogP contribution in [0.5, 0.6) is 0 Å². The van der Waals surface area contributed by atoms with E-state index < -0.39 is 0 Å². The first kappa shape index (κ1) is 7.59. The van der Waals surface area contributed by atoms with E-state index in [1.165, 1.54) is 24.0 Å². The molecular weight excluding hydrogens is 120 g/mol. The van der Waals surface area contributed by atoms with Crippen molar-refractivity contribution < 1.29 is 0 Å². The molecular formula is C10H16. The van der Waals surface area contributed by atoms with Gasteiger partial charge >= 0.3 is 0 Å². The van der Waals surface area contributed by atoms with Crippen molar-refractivity contribution in [3.8, 4) is 0 Å². The molecule has 0 heteroatoms. The van der Waals surface area contributed by atoms with Gasteiger partial charge in [0.25, 0.3) is 0 Å². The molecule has 1 aliphatic carbocycles. The molecule has 0 aromatic heterocycles. The highest BCUT2D eigenvalue weighted by Gasteiger charge is 2.31. The second kappa shape index (κ2) is 2.61. The predicted octanol–water partition coefficient (Wildman–Crippen LogP) is 3.16. The normalized spacial score (nSPS) is 31.0. The molecule has 0 heterocycles. The second-order valence-electron chi connectivity index (χ2n) is 3.48. The molecule has 0 spiro atoms. The van der Waals surface area contributed by atoms with Crippen LogP contribution in [0.3, 0.4) is 0 Å². The van der Waals surface area contributed by atoms with E-state index in [0.717, 1.165) is 11.8 Å². The van der Waals surface area contributed by atoms with Crippen LogP contribution in [0.2, 0.25) is 0 Å². The van der Waals surface area contributed by atoms with Crippen LogP contribution in [-0.2, 0) is 0 Å². The van der Waals surface area contributed by atoms with E-state index in [4.69, 9.17) is 0 Å². The lowest BCUT2D eigenvalue weighted by atomic mass is 9.67. The van der Waals surface area contributed by atoms with Crippen molar-refractivity contribution in [2.75, 3.05) is 0 Å². The Morgan fingerprint density at radius 2 is 1.30 bits per heavy atom. The van der Waals surface area contributed by atoms with Crippen LogP contribution >= 0.6 is 0 Å². The minimum absolute atomic E-state index is 0.748. The van der Waals surface area contributed by atoms with Gasteiger partial charge in [-0.25, -0.2) is 0 Å². The van der Waals surface area contributed by atoms with Gasteiger partial charge in [-0.15, -0.1) is 0 Å². The van der Waals surface area contributed by atoms with E-state index in [0.29, 0.717) is 0 Å². The van der Waals surface area contributed by atoms with Crippen molar-refractivity contribution in [1.29, 1.82) is 0 Å². The Morgan fingerprint density at radius 3 is 1.40 bits per heavy atom. The van der Waals surface area contributed by atoms with Gasteiger partial charge in [0.15, 0.2) is 0 Å². The lowest BCUT2D eigenvalue weighted by Gasteiger charge is -2.37. The van der Waals surface area contributed by atoms with Gasteiger partial charge in [-0.3, -0.25) is 0 Å². The average molecular weight is 136 g/mol. The third-order valence-electron chi connectivity index (χ3n) is 2.54. The fraction of sp³-hybridized carbons (Fsp3) is 0.600. The quantitative estimate of drug-likeness (QED) is 0.511. The van der Waals surface area contributed by atoms with Crippen LogP contribution in [0.1, 0.15) is 26.7 Å². The van der Waals surface area contributed by atoms with Gasteiger partial charge in [-0.1, -0.05) is 24.3 Å². The summed E-state index contributed by atoms with van der Waals surface area (Å²) in [5, 5.41) is 0. The Bertz CT molecular complexity index is 145. The fourth-order valence-electron chi connectivity index (χ4n) is 1.68. The standard InChI is InChI=1S/C10H16/c1-7(2)9-5-6-10(9)8(3)4/h9-10H,1,3,5-6H2,2,4H3. The zero-order valence-corrected chi connectivity index (χ0v) is 6.98. The van der Waals surface area contributed by atoms with Gasteiger partial charge < -0.3 is 0 Å². The Kier molecular flexibility index (Phi) is 1.98. The molecule has 1 rings (SSSR count). The number of rotatable bonds is 2. The molecule has 1 saturated carbocycles. The largest absolute Gasteiger partial charge is 0.0998 e. The summed E-state index contributed by atoms with van der Waals surface area (Å²) in [6.45, 7) is 12.2. The molecule has 1 fully saturated rings. The summed E-state index contributed by atoms with van der Waals surface area (Å²) < 4.78 is 0. The fourth-order valence-corrected chi connectivity index (χ4v) is 1.68. The monoisotopic (exact) mass is 136 g/mol. The summed E-state index contributed by atoms with van der Waals surface area (Å²) in [6, 6.07) is 0. The molecule has 0 saturated heterocycles. The van der Waals surface area contributed by atoms with Gasteiger partial charge in [0, 0.05) is 0 Å². The van der Waals surface area contributed by atoms with E-state index in [1.54, 1.807) is 0 Å². The van der Waals surface area contributed by atoms with Gasteiger partial charge in [0.05, 0.1) is 0 Å². The summed E-state index contributed by atoms with van der Waals surface area (Å²) in [5.41, 5.74) is 2.67. The lowest BCUT2D eigenvalue weighted by Crippen LogP contribution is -2.26. The molecule has 0 amide bonds. The predicted molar refractivity (Wildman–Crippen MR) is 45.8 cm³/mol. The summed E-state index contributed by atoms with van der Waals surface area (Å²) in [5.74, 6) is 1.50. The first-order valence-corrected chi connectivity index (χ1v) is 3.93. The van der Waals surface area contributed by atoms with Gasteiger partial charge in [0.1, 0.15) is 0 Å². The summed E-state index contributed by atoms with van der Waals surface area (Å²) in [6.07, 6.45) is 2.65. The van der Waals surface area contributed by atoms with Crippen LogP contribution in [0.25, 0.3) is 0 Å². The molecule has 0 aromatic carbocycles. The van der Waals surface area contributed by atoms with Crippen molar-refractivity contribution in [3.63, 3.8) is 0 Å². The second-order valence-corrected chi connectivity index (χ2v) is 3.48. The Hall–Kier alpha value is -0.520. The molecule has 0 bridgehead atoms. The minimum atomic E-state index is 0.748. The topological polar surface area (TPSA) is 0 Å². The van der Waals surface area contributed by atoms with Crippen molar-refractivity contribution in [3.05, 3.63) is 24.3 Å². The van der Waals surface area contributed by atoms with Crippen molar-refractivity contribution in [2.45, 2.75) is 26.7 Å². The third-order valence-corrected chi connectivity index (χ3v) is 2.54. The van der Waals surface area contributed by atoms with E-state index in [2.05, 4.69) is 27.0 Å². The molecule has 0 nitrogen and oxygen atoms in total. The first-order chi connectivity index (χ1) is 4.63. The first-order valence-electron chi connectivity index (χ1n) is 3.93. The van der Waals surface area contributed by atoms with E-state index >= 15 is 0 Å². The highest BCUT2D eigenvalue weighted by atomic mass is 14.4. The molecule has 2 atom stereocenters. The molecule has 0 aliphatic heterocycles. The Balaban J connectivity index is 2.51. The Labute approximate surface area is 63.6 Å². The van der Waals surface area contributed by atoms with Crippen LogP contribution in [-0.4, -0.2) is 0 Å². The maximum absolute atomic E-state index is 3.97. The van der Waals surface area contributed by atoms with Crippen molar-refractivity contribution in [1.82, 2.24) is 0 Å². The van der Waals surface area contributed by atoms with Gasteiger partial charge in [-0.2, -0.15) is 0 Å². The summed E-state index contributed by atoms with van der Waals surface area (Å²) >= 11 is 0. The molecule has 0 radical (unpaired) electrons. The third kappa shape index (κ3) is 1.16. The van der Waals surface area contributed by atoms with Crippen LogP contribution in [0.4, 0.5) is 0 Å². The average Bonchev–Trinajstić information content (AvgIpc) is 1.56. The van der Waals surface area contributed by atoms with E-state index in [1.807, 2.05) is 0 Å². The summed E-state index contributed by atoms with van der Waals surface area (Å²) in [4.78, 5) is 0. The highest BCUT2D eigenvalue weighted by molar-refractivity contribution is 5.13. The van der Waals surface area contributed by atoms with E-state index in [9.17, 15) is 0 Å². The number of hydrogen-bond acceptors (Lipinski definition) is 0. The molecule has 2 unspecified atom stereocenters. The zero-order chi connectivity index (χ0) is 7.72. The van der Waals surface area contributed by atoms with Gasteiger partial charge in [0.2, 0.25) is 0 Å². The van der Waals surface area contributed by atoms with Crippen LogP contribution < -0.4 is 0 Å². The lowest BCUT2D eigenvalue weighted by molar-refractivity contribution is 0.257. The molecule has 56 valence electrons. The number of hydrogen-bond donors (Lipinski definition) is 0. The SMILES string of the molecule is C=C(C)C1CCC1C(=C)C. The van der Waals surface area contributed by atoms with Crippen LogP contribution in [0, 0.1) is 11.8 Å². The molecule has 1 aliphatic rings. The molecule has 0 aromatic rings. The summed E-state index contributed by atoms with van der Waals surface area (Å²) in [7, 11) is 0. The Morgan fingerprint density at radius 1 is 1.00 bits per heavy atom. The smallest absolute Gasteiger partial charge is 0.0143 e. The van der Waals surface area contributed by atoms with Crippen molar-refractivity contribution >= 4 is 0 Å². The van der Waals surface area contributed by atoms with E-state index in [-0.39, 0.29) is 0 Å². The highest BCUT2D eigenvalue weighted by Crippen LogP contribution is 2.42. The van der Waals surface area contributed by atoms with Gasteiger partial charge in [-0.05, 0) is 38.5 Å². The number of allylic oxidation sites excluding steroid dienone is 2. The van der Waals surface area contributed by atoms with Crippen molar-refractivity contribution in [2.24, 2.45) is 11.8 Å². The van der Waals surface area contributed by atoms with Crippen LogP contribution in [0.15, 0.2) is 24.3 Å². The molecule has 0 N–H and O–H groups in total. The minimum Gasteiger partial charge on any atom is -0.0998 e. The maximum Gasteiger partial charge on any atom is -0.0143 e. The molecule has 10 heavy (non-hydrogen) atoms. The zero-order valence-electron chi connectivity index (χ0n) is 6.98. The maximum atomic E-state index is 3.97.